The molecule has 0 spiro atoms. The average Bonchev–Trinajstić information content (AvgIpc) is 3.63. The number of thiophene rings is 2. The van der Waals surface area contributed by atoms with Crippen LogP contribution in [0.25, 0.3) is 23.3 Å². The van der Waals surface area contributed by atoms with Crippen LogP contribution in [-0.2, 0) is 34.1 Å². The maximum atomic E-state index is 2.58. The molecule has 2 aliphatic carbocycles. The molecular weight excluding hydrogens is 659 g/mol. The van der Waals surface area contributed by atoms with Crippen molar-refractivity contribution in [3.63, 3.8) is 0 Å². The summed E-state index contributed by atoms with van der Waals surface area (Å²) in [6.07, 6.45) is 5.15. The average molecular weight is 697 g/mol. The number of allylic oxidation sites excluding steroid dienone is 2. The molecule has 0 N–H and O–H groups in total. The van der Waals surface area contributed by atoms with Gasteiger partial charge in [-0.05, 0) is 0 Å². The first-order valence-corrected chi connectivity index (χ1v) is 18.5. The van der Waals surface area contributed by atoms with Gasteiger partial charge in [-0.25, -0.2) is 0 Å². The van der Waals surface area contributed by atoms with Crippen LogP contribution < -0.4 is 24.8 Å². The molecule has 0 nitrogen and oxygen atoms in total. The molecule has 2 aromatic heterocycles. The van der Waals surface area contributed by atoms with Crippen LogP contribution in [0.2, 0.25) is 0 Å². The van der Waals surface area contributed by atoms with Gasteiger partial charge in [-0.3, -0.25) is 0 Å². The standard InChI is InChI=1S/2C18H19S.2ClH.Zr/c2*1-12-8-9-17(19-12)14-10-13-6-5-7-16(15(13)11-14)18(2,3)4;;;/h2*5-11H,1-4H3;2*1H;/q;;;;+2/p-2. The van der Waals surface area contributed by atoms with E-state index >= 15 is 0 Å². The molecule has 0 bridgehead atoms. The van der Waals surface area contributed by atoms with Gasteiger partial charge in [-0.1, -0.05) is 0 Å². The molecule has 2 aliphatic rings. The smallest absolute Gasteiger partial charge is 1.00 e. The van der Waals surface area contributed by atoms with Gasteiger partial charge >= 0.3 is 256 Å². The molecule has 6 rings (SSSR count). The normalized spacial score (nSPS) is 17.6. The second kappa shape index (κ2) is 12.1. The van der Waals surface area contributed by atoms with Crippen molar-refractivity contribution in [3.05, 3.63) is 114 Å². The third-order valence-corrected chi connectivity index (χ3v) is 14.9. The van der Waals surface area contributed by atoms with Gasteiger partial charge in [-0.15, -0.1) is 0 Å². The van der Waals surface area contributed by atoms with E-state index in [2.05, 4.69) is 128 Å². The number of hydrogen-bond donors (Lipinski definition) is 0. The fourth-order valence-electron chi connectivity index (χ4n) is 6.24. The predicted molar refractivity (Wildman–Crippen MR) is 170 cm³/mol. The zero-order chi connectivity index (χ0) is 27.7. The summed E-state index contributed by atoms with van der Waals surface area (Å²) in [5.74, 6) is 0. The first kappa shape index (κ1) is 32.7. The molecule has 0 amide bonds. The molecule has 2 heterocycles. The summed E-state index contributed by atoms with van der Waals surface area (Å²) in [5, 5.41) is 0. The first-order chi connectivity index (χ1) is 18.4. The van der Waals surface area contributed by atoms with Crippen molar-refractivity contribution in [1.29, 1.82) is 0 Å². The van der Waals surface area contributed by atoms with Crippen molar-refractivity contribution in [2.45, 2.75) is 73.5 Å². The van der Waals surface area contributed by atoms with Gasteiger partial charge in [0.25, 0.3) is 0 Å². The molecule has 0 radical (unpaired) electrons. The molecule has 0 aliphatic heterocycles. The van der Waals surface area contributed by atoms with E-state index in [4.69, 9.17) is 0 Å². The minimum Gasteiger partial charge on any atom is -1.00 e. The molecule has 0 saturated carbocycles. The van der Waals surface area contributed by atoms with Crippen LogP contribution in [0, 0.1) is 13.8 Å². The molecule has 5 heteroatoms. The summed E-state index contributed by atoms with van der Waals surface area (Å²) < 4.78 is 1.09. The predicted octanol–water partition coefficient (Wildman–Crippen LogP) is 5.00. The second-order valence-corrected chi connectivity index (χ2v) is 19.4. The minimum atomic E-state index is -1.05. The van der Waals surface area contributed by atoms with Crippen LogP contribution in [0.15, 0.2) is 60.7 Å². The Morgan fingerprint density at radius 2 is 0.951 bits per heavy atom. The monoisotopic (exact) mass is 694 g/mol. The van der Waals surface area contributed by atoms with E-state index in [0.717, 1.165) is 0 Å². The maximum absolute atomic E-state index is 2.58. The fraction of sp³-hybridized carbons (Fsp3) is 0.333. The maximum Gasteiger partial charge on any atom is -1.00 e. The van der Waals surface area contributed by atoms with E-state index in [1.165, 1.54) is 41.8 Å². The first-order valence-electron chi connectivity index (χ1n) is 14.0. The Labute approximate surface area is 278 Å². The number of hydrogen-bond acceptors (Lipinski definition) is 2. The number of benzene rings is 2. The van der Waals surface area contributed by atoms with Gasteiger partial charge < -0.3 is 24.8 Å². The Bertz CT molecular complexity index is 1520. The fourth-order valence-corrected chi connectivity index (χ4v) is 13.6. The van der Waals surface area contributed by atoms with Crippen molar-refractivity contribution in [2.24, 2.45) is 0 Å². The molecule has 4 aromatic rings. The van der Waals surface area contributed by atoms with Gasteiger partial charge in [-0.2, -0.15) is 0 Å². The molecular formula is C36H38Cl2S2Zr. The Kier molecular flexibility index (Phi) is 9.61. The topological polar surface area (TPSA) is 0 Å². The largest absolute Gasteiger partial charge is 1.00 e. The Morgan fingerprint density at radius 3 is 1.27 bits per heavy atom. The van der Waals surface area contributed by atoms with Crippen LogP contribution in [0.4, 0.5) is 0 Å². The SMILES string of the molecule is Cc1ccc(C2=Cc3c(cccc3C(C)(C)C)[CH]2[Zr+2][CH]2C(c3ccc(C)s3)=Cc3c2cccc3C(C)(C)C)s1.[Cl-].[Cl-]. The zero-order valence-corrected chi connectivity index (χ0v) is 30.8. The zero-order valence-electron chi connectivity index (χ0n) is 25.2. The Hall–Kier alpha value is -1.22. The van der Waals surface area contributed by atoms with Crippen molar-refractivity contribution in [1.82, 2.24) is 0 Å². The van der Waals surface area contributed by atoms with E-state index in [9.17, 15) is 0 Å². The van der Waals surface area contributed by atoms with Gasteiger partial charge in [0.15, 0.2) is 0 Å². The summed E-state index contributed by atoms with van der Waals surface area (Å²) in [6, 6.07) is 23.6. The summed E-state index contributed by atoms with van der Waals surface area (Å²) in [7, 11) is 0. The van der Waals surface area contributed by atoms with Crippen molar-refractivity contribution in [3.8, 4) is 0 Å². The third kappa shape index (κ3) is 6.10. The molecule has 41 heavy (non-hydrogen) atoms. The van der Waals surface area contributed by atoms with Gasteiger partial charge in [0.1, 0.15) is 0 Å². The minimum absolute atomic E-state index is 0. The van der Waals surface area contributed by atoms with Crippen molar-refractivity contribution in [2.75, 3.05) is 0 Å². The number of rotatable bonds is 4. The van der Waals surface area contributed by atoms with Crippen LogP contribution in [0.3, 0.4) is 0 Å². The van der Waals surface area contributed by atoms with Gasteiger partial charge in [0.2, 0.25) is 0 Å². The summed E-state index contributed by atoms with van der Waals surface area (Å²) in [4.78, 5) is 5.73. The van der Waals surface area contributed by atoms with Crippen LogP contribution in [0.5, 0.6) is 0 Å². The summed E-state index contributed by atoms with van der Waals surface area (Å²) >= 11 is 2.89. The van der Waals surface area contributed by atoms with E-state index in [0.29, 0.717) is 7.25 Å². The van der Waals surface area contributed by atoms with Crippen molar-refractivity contribution >= 4 is 46.0 Å². The number of fused-ring (bicyclic) bond motifs is 2. The van der Waals surface area contributed by atoms with E-state index in [-0.39, 0.29) is 35.6 Å². The molecule has 0 fully saturated rings. The number of halogens is 2. The van der Waals surface area contributed by atoms with Crippen molar-refractivity contribution < 1.29 is 48.0 Å². The van der Waals surface area contributed by atoms with Gasteiger partial charge in [0.05, 0.1) is 0 Å². The molecule has 212 valence electrons. The molecule has 2 unspecified atom stereocenters. The summed E-state index contributed by atoms with van der Waals surface area (Å²) in [6.45, 7) is 18.7. The van der Waals surface area contributed by atoms with E-state index < -0.39 is 23.2 Å². The van der Waals surface area contributed by atoms with E-state index in [1.54, 1.807) is 22.3 Å². The Morgan fingerprint density at radius 1 is 0.561 bits per heavy atom. The summed E-state index contributed by atoms with van der Waals surface area (Å²) in [5.41, 5.74) is 12.5. The quantitative estimate of drug-likeness (QED) is 0.282. The van der Waals surface area contributed by atoms with Crippen LogP contribution >= 0.6 is 22.7 Å². The van der Waals surface area contributed by atoms with Crippen LogP contribution in [0.1, 0.15) is 102 Å². The van der Waals surface area contributed by atoms with Crippen LogP contribution in [-0.4, -0.2) is 0 Å². The number of aryl methyl sites for hydroxylation is 2. The molecule has 2 aromatic carbocycles. The Balaban J connectivity index is 0.00000194. The second-order valence-electron chi connectivity index (χ2n) is 13.2. The molecule has 2 atom stereocenters. The van der Waals surface area contributed by atoms with Gasteiger partial charge in [0, 0.05) is 0 Å². The van der Waals surface area contributed by atoms with E-state index in [1.807, 2.05) is 22.7 Å². The third-order valence-electron chi connectivity index (χ3n) is 8.12. The molecule has 0 saturated heterocycles.